The molecule has 2 aromatic rings. The SMILES string of the molecule is FC(F)(F)C12CC(c3cnc4ccccc4c3)(C1)C2. The van der Waals surface area contributed by atoms with Crippen LogP contribution >= 0.6 is 0 Å². The van der Waals surface area contributed by atoms with E-state index in [2.05, 4.69) is 4.98 Å². The van der Waals surface area contributed by atoms with E-state index in [1.165, 1.54) is 0 Å². The third kappa shape index (κ3) is 1.29. The number of benzene rings is 1. The summed E-state index contributed by atoms with van der Waals surface area (Å²) >= 11 is 0. The summed E-state index contributed by atoms with van der Waals surface area (Å²) in [4.78, 5) is 4.36. The smallest absolute Gasteiger partial charge is 0.256 e. The zero-order chi connectivity index (χ0) is 13.3. The van der Waals surface area contributed by atoms with E-state index in [0.29, 0.717) is 0 Å². The predicted octanol–water partition coefficient (Wildman–Crippen LogP) is 4.22. The summed E-state index contributed by atoms with van der Waals surface area (Å²) in [5.41, 5.74) is 0.214. The summed E-state index contributed by atoms with van der Waals surface area (Å²) in [5, 5.41) is 1.01. The van der Waals surface area contributed by atoms with Crippen molar-refractivity contribution in [1.82, 2.24) is 4.98 Å². The van der Waals surface area contributed by atoms with Gasteiger partial charge < -0.3 is 0 Å². The van der Waals surface area contributed by atoms with Crippen molar-refractivity contribution in [3.8, 4) is 0 Å². The van der Waals surface area contributed by atoms with Crippen LogP contribution in [0.1, 0.15) is 24.8 Å². The molecule has 0 saturated heterocycles. The van der Waals surface area contributed by atoms with E-state index in [9.17, 15) is 13.2 Å². The fraction of sp³-hybridized carbons (Fsp3) is 0.400. The lowest BCUT2D eigenvalue weighted by atomic mass is 9.33. The number of hydrogen-bond donors (Lipinski definition) is 0. The van der Waals surface area contributed by atoms with Crippen molar-refractivity contribution in [2.45, 2.75) is 30.9 Å². The average Bonchev–Trinajstić information content (AvgIpc) is 2.23. The lowest BCUT2D eigenvalue weighted by Crippen LogP contribution is -2.70. The first-order valence-corrected chi connectivity index (χ1v) is 6.36. The van der Waals surface area contributed by atoms with Gasteiger partial charge in [0, 0.05) is 11.6 Å². The Hall–Kier alpha value is -1.58. The van der Waals surface area contributed by atoms with Gasteiger partial charge in [0.25, 0.3) is 0 Å². The van der Waals surface area contributed by atoms with Gasteiger partial charge in [-0.2, -0.15) is 13.2 Å². The maximum atomic E-state index is 12.8. The molecule has 0 radical (unpaired) electrons. The predicted molar refractivity (Wildman–Crippen MR) is 65.8 cm³/mol. The number of alkyl halides is 3. The standard InChI is InChI=1S/C15H12F3N/c16-15(17,18)14-7-13(8-14,9-14)11-5-10-3-1-2-4-12(10)19-6-11/h1-6H,7-9H2. The molecule has 19 heavy (non-hydrogen) atoms. The van der Waals surface area contributed by atoms with E-state index in [1.54, 1.807) is 6.20 Å². The average molecular weight is 263 g/mol. The number of hydrogen-bond acceptors (Lipinski definition) is 1. The fourth-order valence-corrected chi connectivity index (χ4v) is 3.76. The summed E-state index contributed by atoms with van der Waals surface area (Å²) in [6.07, 6.45) is -1.57. The summed E-state index contributed by atoms with van der Waals surface area (Å²) in [7, 11) is 0. The van der Waals surface area contributed by atoms with E-state index in [4.69, 9.17) is 0 Å². The van der Waals surface area contributed by atoms with Crippen LogP contribution in [0.25, 0.3) is 10.9 Å². The van der Waals surface area contributed by atoms with E-state index < -0.39 is 11.6 Å². The first kappa shape index (κ1) is 11.3. The fourth-order valence-electron chi connectivity index (χ4n) is 3.76. The Morgan fingerprint density at radius 1 is 1.05 bits per heavy atom. The maximum Gasteiger partial charge on any atom is 0.394 e. The first-order chi connectivity index (χ1) is 8.94. The van der Waals surface area contributed by atoms with Crippen LogP contribution in [0.3, 0.4) is 0 Å². The monoisotopic (exact) mass is 263 g/mol. The van der Waals surface area contributed by atoms with Crippen molar-refractivity contribution in [3.05, 3.63) is 42.1 Å². The van der Waals surface area contributed by atoms with Gasteiger partial charge in [0.15, 0.2) is 0 Å². The first-order valence-electron chi connectivity index (χ1n) is 6.36. The highest BCUT2D eigenvalue weighted by atomic mass is 19.4. The van der Waals surface area contributed by atoms with Crippen LogP contribution < -0.4 is 0 Å². The number of pyridine rings is 1. The minimum absolute atomic E-state index is 0.240. The lowest BCUT2D eigenvalue weighted by Gasteiger charge is -2.70. The third-order valence-electron chi connectivity index (χ3n) is 4.83. The molecule has 0 N–H and O–H groups in total. The molecule has 0 aliphatic heterocycles. The topological polar surface area (TPSA) is 12.9 Å². The Labute approximate surface area is 108 Å². The quantitative estimate of drug-likeness (QED) is 0.750. The highest BCUT2D eigenvalue weighted by Gasteiger charge is 2.78. The van der Waals surface area contributed by atoms with Crippen molar-refractivity contribution in [2.75, 3.05) is 0 Å². The van der Waals surface area contributed by atoms with E-state index in [0.717, 1.165) is 16.5 Å². The molecule has 98 valence electrons. The Kier molecular flexibility index (Phi) is 1.84. The Morgan fingerprint density at radius 2 is 1.74 bits per heavy atom. The van der Waals surface area contributed by atoms with Gasteiger partial charge in [-0.1, -0.05) is 18.2 Å². The number of halogens is 3. The summed E-state index contributed by atoms with van der Waals surface area (Å²) < 4.78 is 38.5. The zero-order valence-corrected chi connectivity index (χ0v) is 10.2. The van der Waals surface area contributed by atoms with Gasteiger partial charge in [-0.05, 0) is 42.4 Å². The van der Waals surface area contributed by atoms with Gasteiger partial charge in [0.05, 0.1) is 10.9 Å². The van der Waals surface area contributed by atoms with Crippen LogP contribution in [-0.2, 0) is 5.41 Å². The molecule has 4 heteroatoms. The number of para-hydroxylation sites is 1. The second-order valence-electron chi connectivity index (χ2n) is 6.01. The highest BCUT2D eigenvalue weighted by Crippen LogP contribution is 2.78. The largest absolute Gasteiger partial charge is 0.394 e. The second kappa shape index (κ2) is 3.11. The van der Waals surface area contributed by atoms with Crippen LogP contribution in [0.5, 0.6) is 0 Å². The molecule has 0 spiro atoms. The second-order valence-corrected chi connectivity index (χ2v) is 6.01. The minimum atomic E-state index is -4.04. The molecule has 0 unspecified atom stereocenters. The molecule has 3 aliphatic carbocycles. The van der Waals surface area contributed by atoms with Gasteiger partial charge in [-0.3, -0.25) is 4.98 Å². The molecule has 5 rings (SSSR count). The van der Waals surface area contributed by atoms with Crippen molar-refractivity contribution < 1.29 is 13.2 Å². The van der Waals surface area contributed by atoms with Crippen LogP contribution in [0.2, 0.25) is 0 Å². The maximum absolute atomic E-state index is 12.8. The molecule has 3 aliphatic rings. The van der Waals surface area contributed by atoms with Gasteiger partial charge in [-0.25, -0.2) is 0 Å². The van der Waals surface area contributed by atoms with Gasteiger partial charge in [0.1, 0.15) is 0 Å². The lowest BCUT2D eigenvalue weighted by molar-refractivity contribution is -0.337. The molecular weight excluding hydrogens is 251 g/mol. The number of aromatic nitrogens is 1. The molecule has 1 aromatic heterocycles. The summed E-state index contributed by atoms with van der Waals surface area (Å²) in [5.74, 6) is 0. The van der Waals surface area contributed by atoms with Crippen molar-refractivity contribution >= 4 is 10.9 Å². The van der Waals surface area contributed by atoms with Crippen molar-refractivity contribution in [3.63, 3.8) is 0 Å². The molecule has 1 nitrogen and oxygen atoms in total. The third-order valence-corrected chi connectivity index (χ3v) is 4.83. The van der Waals surface area contributed by atoms with E-state index in [-0.39, 0.29) is 24.7 Å². The zero-order valence-electron chi connectivity index (χ0n) is 10.2. The van der Waals surface area contributed by atoms with Gasteiger partial charge >= 0.3 is 6.18 Å². The molecule has 1 aromatic carbocycles. The highest BCUT2D eigenvalue weighted by molar-refractivity contribution is 5.79. The molecule has 0 atom stereocenters. The number of fused-ring (bicyclic) bond motifs is 1. The molecule has 3 saturated carbocycles. The van der Waals surface area contributed by atoms with E-state index >= 15 is 0 Å². The van der Waals surface area contributed by atoms with Crippen molar-refractivity contribution in [2.24, 2.45) is 5.41 Å². The summed E-state index contributed by atoms with van der Waals surface area (Å²) in [6.45, 7) is 0. The van der Waals surface area contributed by atoms with Crippen LogP contribution in [0.4, 0.5) is 13.2 Å². The van der Waals surface area contributed by atoms with Gasteiger partial charge in [-0.15, -0.1) is 0 Å². The minimum Gasteiger partial charge on any atom is -0.256 e. The van der Waals surface area contributed by atoms with Crippen molar-refractivity contribution in [1.29, 1.82) is 0 Å². The molecule has 2 bridgehead atoms. The van der Waals surface area contributed by atoms with Gasteiger partial charge in [0.2, 0.25) is 0 Å². The number of rotatable bonds is 1. The Balaban J connectivity index is 1.68. The molecule has 1 heterocycles. The molecule has 3 fully saturated rings. The van der Waals surface area contributed by atoms with Crippen LogP contribution in [0.15, 0.2) is 36.5 Å². The Morgan fingerprint density at radius 3 is 2.42 bits per heavy atom. The molecular formula is C15H12F3N. The summed E-state index contributed by atoms with van der Waals surface area (Å²) in [6, 6.07) is 9.71. The van der Waals surface area contributed by atoms with Crippen LogP contribution in [-0.4, -0.2) is 11.2 Å². The van der Waals surface area contributed by atoms with Crippen LogP contribution in [0, 0.1) is 5.41 Å². The number of nitrogens with zero attached hydrogens (tertiary/aromatic N) is 1. The normalized spacial score (nSPS) is 32.8. The Bertz CT molecular complexity index is 655. The molecule has 0 amide bonds. The van der Waals surface area contributed by atoms with E-state index in [1.807, 2.05) is 30.3 Å².